The number of rotatable bonds is 4. The third kappa shape index (κ3) is 3.66. The fourth-order valence-corrected chi connectivity index (χ4v) is 6.55. The second-order valence-corrected chi connectivity index (χ2v) is 10.3. The fraction of sp³-hybridized carbons (Fsp3) is 0.375. The molecule has 0 aliphatic carbocycles. The maximum atomic E-state index is 12.0. The Morgan fingerprint density at radius 1 is 1.24 bits per heavy atom. The number of pyridine rings is 1. The van der Waals surface area contributed by atoms with Gasteiger partial charge in [0.25, 0.3) is 5.91 Å². The number of halogens is 1. The molecule has 6 rings (SSSR count). The van der Waals surface area contributed by atoms with Crippen molar-refractivity contribution in [2.24, 2.45) is 0 Å². The number of benzene rings is 1. The number of nitrogens with zero attached hydrogens (tertiary/aromatic N) is 3. The van der Waals surface area contributed by atoms with Crippen LogP contribution in [0.1, 0.15) is 23.3 Å². The van der Waals surface area contributed by atoms with Crippen molar-refractivity contribution >= 4 is 50.8 Å². The summed E-state index contributed by atoms with van der Waals surface area (Å²) in [5.41, 5.74) is 5.64. The van der Waals surface area contributed by atoms with Crippen LogP contribution in [0.4, 0.5) is 10.5 Å². The van der Waals surface area contributed by atoms with Gasteiger partial charge in [0, 0.05) is 52.0 Å². The normalized spacial score (nSPS) is 20.6. The first kappa shape index (κ1) is 20.9. The summed E-state index contributed by atoms with van der Waals surface area (Å²) in [5.74, 6) is -0.310. The average molecular weight is 483 g/mol. The van der Waals surface area contributed by atoms with Gasteiger partial charge in [0.05, 0.1) is 16.8 Å². The number of carbonyl (C=O) groups is 2. The van der Waals surface area contributed by atoms with Crippen LogP contribution in [0.15, 0.2) is 30.5 Å². The molecule has 0 unspecified atom stereocenters. The summed E-state index contributed by atoms with van der Waals surface area (Å²) in [4.78, 5) is 33.1. The molecular weight excluding hydrogens is 460 g/mol. The Kier molecular flexibility index (Phi) is 5.24. The summed E-state index contributed by atoms with van der Waals surface area (Å²) in [7, 11) is 0. The van der Waals surface area contributed by atoms with Gasteiger partial charge in [-0.2, -0.15) is 0 Å². The molecule has 33 heavy (non-hydrogen) atoms. The number of cyclic esters (lactones) is 1. The molecule has 2 fully saturated rings. The number of nitrogens with one attached hydrogen (secondary N) is 1. The van der Waals surface area contributed by atoms with E-state index in [1.165, 1.54) is 11.3 Å². The van der Waals surface area contributed by atoms with Gasteiger partial charge in [-0.15, -0.1) is 11.3 Å². The van der Waals surface area contributed by atoms with Gasteiger partial charge < -0.3 is 15.0 Å². The molecular formula is C24H23ClN4O3S. The molecule has 1 N–H and O–H groups in total. The Morgan fingerprint density at radius 3 is 2.94 bits per heavy atom. The van der Waals surface area contributed by atoms with Crippen LogP contribution >= 0.6 is 22.9 Å². The van der Waals surface area contributed by atoms with E-state index in [0.717, 1.165) is 75.0 Å². The van der Waals surface area contributed by atoms with Crippen LogP contribution in [-0.2, 0) is 22.5 Å². The van der Waals surface area contributed by atoms with Gasteiger partial charge in [-0.1, -0.05) is 11.6 Å². The predicted octanol–water partition coefficient (Wildman–Crippen LogP) is 4.21. The molecule has 7 nitrogen and oxygen atoms in total. The van der Waals surface area contributed by atoms with E-state index in [4.69, 9.17) is 16.3 Å². The first-order chi connectivity index (χ1) is 16.1. The van der Waals surface area contributed by atoms with E-state index in [-0.39, 0.29) is 19.1 Å². The number of anilines is 1. The quantitative estimate of drug-likeness (QED) is 0.600. The van der Waals surface area contributed by atoms with Crippen molar-refractivity contribution in [1.29, 1.82) is 0 Å². The Hall–Kier alpha value is -2.68. The van der Waals surface area contributed by atoms with Crippen LogP contribution < -0.4 is 10.2 Å². The Balaban J connectivity index is 1.46. The number of carbonyl (C=O) groups excluding carboxylic acids is 2. The highest BCUT2D eigenvalue weighted by molar-refractivity contribution is 7.19. The van der Waals surface area contributed by atoms with Crippen LogP contribution in [-0.4, -0.2) is 54.2 Å². The molecule has 3 aromatic rings. The number of imide groups is 1. The highest BCUT2D eigenvalue weighted by atomic mass is 35.5. The Morgan fingerprint density at radius 2 is 2.15 bits per heavy atom. The molecule has 1 aromatic carbocycles. The lowest BCUT2D eigenvalue weighted by atomic mass is 9.92. The smallest absolute Gasteiger partial charge is 0.417 e. The van der Waals surface area contributed by atoms with E-state index in [0.29, 0.717) is 6.04 Å². The third-order valence-corrected chi connectivity index (χ3v) is 8.03. The van der Waals surface area contributed by atoms with E-state index >= 15 is 0 Å². The van der Waals surface area contributed by atoms with Crippen LogP contribution in [0, 0.1) is 0 Å². The summed E-state index contributed by atoms with van der Waals surface area (Å²) in [6.45, 7) is 3.09. The maximum absolute atomic E-state index is 12.0. The molecule has 9 heteroatoms. The third-order valence-electron chi connectivity index (χ3n) is 6.67. The molecule has 5 heterocycles. The highest BCUT2D eigenvalue weighted by Crippen LogP contribution is 2.44. The summed E-state index contributed by atoms with van der Waals surface area (Å²) >= 11 is 8.16. The first-order valence-corrected chi connectivity index (χ1v) is 12.4. The summed E-state index contributed by atoms with van der Waals surface area (Å²) in [6.07, 6.45) is 4.51. The molecule has 2 saturated heterocycles. The molecule has 1 atom stereocenters. The number of thiophene rings is 1. The summed E-state index contributed by atoms with van der Waals surface area (Å²) in [5, 5.41) is 4.24. The lowest BCUT2D eigenvalue weighted by molar-refractivity contribution is -0.126. The monoisotopic (exact) mass is 482 g/mol. The molecule has 0 saturated carbocycles. The van der Waals surface area contributed by atoms with Gasteiger partial charge in [-0.3, -0.25) is 9.78 Å². The zero-order valence-corrected chi connectivity index (χ0v) is 19.5. The topological polar surface area (TPSA) is 74.8 Å². The molecule has 170 valence electrons. The van der Waals surface area contributed by atoms with Crippen molar-refractivity contribution in [3.05, 3.63) is 45.9 Å². The van der Waals surface area contributed by atoms with Crippen molar-refractivity contribution in [1.82, 2.24) is 15.2 Å². The minimum absolute atomic E-state index is 0.187. The van der Waals surface area contributed by atoms with Gasteiger partial charge in [-0.25, -0.2) is 9.69 Å². The fourth-order valence-electron chi connectivity index (χ4n) is 5.18. The van der Waals surface area contributed by atoms with Gasteiger partial charge in [0.15, 0.2) is 6.61 Å². The first-order valence-electron chi connectivity index (χ1n) is 11.2. The lowest BCUT2D eigenvalue weighted by Gasteiger charge is -2.38. The van der Waals surface area contributed by atoms with Gasteiger partial charge in [-0.05, 0) is 55.6 Å². The number of amides is 2. The van der Waals surface area contributed by atoms with E-state index in [9.17, 15) is 9.59 Å². The number of ether oxygens (including phenoxy) is 1. The molecule has 0 spiro atoms. The predicted molar refractivity (Wildman–Crippen MR) is 129 cm³/mol. The lowest BCUT2D eigenvalue weighted by Crippen LogP contribution is -2.40. The molecule has 0 radical (unpaired) electrons. The van der Waals surface area contributed by atoms with Crippen molar-refractivity contribution in [3.63, 3.8) is 0 Å². The average Bonchev–Trinajstić information content (AvgIpc) is 3.55. The minimum atomic E-state index is -0.588. The Labute approximate surface area is 200 Å². The largest absolute Gasteiger partial charge is 0.439 e. The number of aryl methyl sites for hydroxylation is 1. The molecule has 0 bridgehead atoms. The minimum Gasteiger partial charge on any atom is -0.439 e. The SMILES string of the molecule is O=C1COC(=O)N1Cc1cc2nccc(-c3cc(Cl)cc4c3N([C@H]3CCNC3)CCC4)c2s1. The second kappa shape index (κ2) is 8.27. The number of hydrogen-bond donors (Lipinski definition) is 1. The Bertz CT molecular complexity index is 1250. The number of hydrogen-bond acceptors (Lipinski definition) is 7. The van der Waals surface area contributed by atoms with Crippen molar-refractivity contribution in [3.8, 4) is 11.1 Å². The molecule has 3 aliphatic rings. The zero-order chi connectivity index (χ0) is 22.5. The van der Waals surface area contributed by atoms with Gasteiger partial charge in [0.2, 0.25) is 0 Å². The maximum Gasteiger partial charge on any atom is 0.417 e. The molecule has 2 aromatic heterocycles. The van der Waals surface area contributed by atoms with Crippen molar-refractivity contribution in [2.75, 3.05) is 31.1 Å². The summed E-state index contributed by atoms with van der Waals surface area (Å²) < 4.78 is 5.89. The zero-order valence-electron chi connectivity index (χ0n) is 18.0. The van der Waals surface area contributed by atoms with E-state index in [1.54, 1.807) is 11.3 Å². The van der Waals surface area contributed by atoms with Crippen molar-refractivity contribution < 1.29 is 14.3 Å². The van der Waals surface area contributed by atoms with E-state index in [1.807, 2.05) is 18.3 Å². The van der Waals surface area contributed by atoms with E-state index < -0.39 is 6.09 Å². The van der Waals surface area contributed by atoms with Crippen molar-refractivity contribution in [2.45, 2.75) is 31.8 Å². The van der Waals surface area contributed by atoms with Crippen LogP contribution in [0.5, 0.6) is 0 Å². The van der Waals surface area contributed by atoms with Crippen LogP contribution in [0.3, 0.4) is 0 Å². The van der Waals surface area contributed by atoms with Gasteiger partial charge in [0.1, 0.15) is 0 Å². The number of aromatic nitrogens is 1. The van der Waals surface area contributed by atoms with Crippen LogP contribution in [0.25, 0.3) is 21.3 Å². The molecule has 3 aliphatic heterocycles. The van der Waals surface area contributed by atoms with Crippen LogP contribution in [0.2, 0.25) is 5.02 Å². The second-order valence-electron chi connectivity index (χ2n) is 8.72. The summed E-state index contributed by atoms with van der Waals surface area (Å²) in [6, 6.07) is 8.66. The highest BCUT2D eigenvalue weighted by Gasteiger charge is 2.32. The number of fused-ring (bicyclic) bond motifs is 2. The molecule has 2 amide bonds. The van der Waals surface area contributed by atoms with Gasteiger partial charge >= 0.3 is 6.09 Å². The van der Waals surface area contributed by atoms with E-state index in [2.05, 4.69) is 27.3 Å². The standard InChI is InChI=1S/C24H23ClN4O3S/c25-15-8-14-2-1-7-28(16-3-5-26-11-16)22(14)19(9-15)18-4-6-27-20-10-17(33-23(18)20)12-29-21(30)13-32-24(29)31/h4,6,8-10,16,26H,1-3,5,7,11-13H2/t16-/m0/s1.